The summed E-state index contributed by atoms with van der Waals surface area (Å²) in [6.07, 6.45) is -3.07. The molecule has 0 aliphatic carbocycles. The number of nitrogens with zero attached hydrogens (tertiary/aromatic N) is 2. The summed E-state index contributed by atoms with van der Waals surface area (Å²) < 4.78 is 40.4. The molecule has 1 aliphatic heterocycles. The van der Waals surface area contributed by atoms with Gasteiger partial charge in [0.2, 0.25) is 0 Å². The van der Waals surface area contributed by atoms with Crippen LogP contribution in [0.15, 0.2) is 48.7 Å². The number of hydrogen-bond acceptors (Lipinski definition) is 4. The summed E-state index contributed by atoms with van der Waals surface area (Å²) in [5, 5.41) is 11.8. The van der Waals surface area contributed by atoms with E-state index in [1.54, 1.807) is 14.0 Å². The van der Waals surface area contributed by atoms with Crippen LogP contribution in [0.2, 0.25) is 5.02 Å². The van der Waals surface area contributed by atoms with Gasteiger partial charge in [-0.25, -0.2) is 4.79 Å². The van der Waals surface area contributed by atoms with Gasteiger partial charge in [0.05, 0.1) is 18.3 Å². The maximum atomic E-state index is 13.2. The molecular weight excluding hydrogens is 487 g/mol. The van der Waals surface area contributed by atoms with E-state index < -0.39 is 35.1 Å². The standard InChI is InChI=1S/C23H19ClF3N5O3/c1-12-18(10-29-32(12)2)22(20(34)30-21(35)31-22)11-28-19(33)16-8-7-15(24)9-17(16)13-3-5-14(6-4-13)23(25,26)27/h3-10H,11H2,1-2H3,(H,28,33)(H2,30,31,34,35)/t22-/m0/s1. The number of urea groups is 1. The van der Waals surface area contributed by atoms with Gasteiger partial charge in [-0.15, -0.1) is 0 Å². The second kappa shape index (κ2) is 8.73. The molecular formula is C23H19ClF3N5O3. The Bertz CT molecular complexity index is 1340. The molecule has 0 radical (unpaired) electrons. The van der Waals surface area contributed by atoms with Crippen molar-refractivity contribution in [1.29, 1.82) is 0 Å². The Labute approximate surface area is 202 Å². The Kier molecular flexibility index (Phi) is 6.05. The maximum Gasteiger partial charge on any atom is 0.416 e. The molecule has 0 spiro atoms. The third-order valence-electron chi connectivity index (χ3n) is 5.90. The predicted octanol–water partition coefficient (Wildman–Crippen LogP) is 3.53. The smallest absolute Gasteiger partial charge is 0.349 e. The highest BCUT2D eigenvalue weighted by atomic mass is 35.5. The summed E-state index contributed by atoms with van der Waals surface area (Å²) in [5.41, 5.74) is -0.642. The number of aryl methyl sites for hydroxylation is 1. The molecule has 4 amide bonds. The molecule has 182 valence electrons. The number of alkyl halides is 3. The highest BCUT2D eigenvalue weighted by molar-refractivity contribution is 6.31. The summed E-state index contributed by atoms with van der Waals surface area (Å²) in [6.45, 7) is 1.41. The van der Waals surface area contributed by atoms with Gasteiger partial charge in [-0.05, 0) is 48.4 Å². The van der Waals surface area contributed by atoms with Gasteiger partial charge in [0, 0.05) is 28.9 Å². The zero-order chi connectivity index (χ0) is 25.5. The Hall–Kier alpha value is -3.86. The molecule has 0 bridgehead atoms. The van der Waals surface area contributed by atoms with Crippen molar-refractivity contribution in [2.45, 2.75) is 18.6 Å². The molecule has 2 heterocycles. The zero-order valence-electron chi connectivity index (χ0n) is 18.5. The van der Waals surface area contributed by atoms with E-state index in [1.165, 1.54) is 41.2 Å². The number of halogens is 4. The van der Waals surface area contributed by atoms with Crippen molar-refractivity contribution < 1.29 is 27.6 Å². The summed E-state index contributed by atoms with van der Waals surface area (Å²) in [4.78, 5) is 37.9. The van der Waals surface area contributed by atoms with Crippen molar-refractivity contribution in [1.82, 2.24) is 25.7 Å². The highest BCUT2D eigenvalue weighted by Gasteiger charge is 2.49. The van der Waals surface area contributed by atoms with Crippen LogP contribution < -0.4 is 16.0 Å². The fraction of sp³-hybridized carbons (Fsp3) is 0.217. The first-order valence-corrected chi connectivity index (χ1v) is 10.7. The number of carbonyl (C=O) groups is 3. The van der Waals surface area contributed by atoms with Crippen molar-refractivity contribution in [2.75, 3.05) is 6.54 Å². The Morgan fingerprint density at radius 2 is 1.86 bits per heavy atom. The molecule has 12 heteroatoms. The number of imide groups is 1. The summed E-state index contributed by atoms with van der Waals surface area (Å²) in [6, 6.07) is 7.96. The molecule has 8 nitrogen and oxygen atoms in total. The normalized spacial score (nSPS) is 17.8. The molecule has 4 rings (SSSR count). The minimum absolute atomic E-state index is 0.122. The molecule has 1 saturated heterocycles. The minimum atomic E-state index is -4.50. The van der Waals surface area contributed by atoms with Gasteiger partial charge in [0.25, 0.3) is 11.8 Å². The number of benzene rings is 2. The van der Waals surface area contributed by atoms with Crippen molar-refractivity contribution in [2.24, 2.45) is 7.05 Å². The van der Waals surface area contributed by atoms with Crippen LogP contribution in [0.25, 0.3) is 11.1 Å². The van der Waals surface area contributed by atoms with Crippen molar-refractivity contribution in [3.05, 3.63) is 76.1 Å². The minimum Gasteiger partial charge on any atom is -0.349 e. The SMILES string of the molecule is Cc1c([C@]2(CNC(=O)c3ccc(Cl)cc3-c3ccc(C(F)(F)F)cc3)NC(=O)NC2=O)cnn1C. The molecule has 3 aromatic rings. The first-order chi connectivity index (χ1) is 16.4. The topological polar surface area (TPSA) is 105 Å². The number of rotatable bonds is 5. The fourth-order valence-electron chi connectivity index (χ4n) is 3.92. The van der Waals surface area contributed by atoms with Gasteiger partial charge in [0.1, 0.15) is 0 Å². The van der Waals surface area contributed by atoms with Gasteiger partial charge >= 0.3 is 12.2 Å². The molecule has 1 aliphatic rings. The van der Waals surface area contributed by atoms with Crippen LogP contribution in [0, 0.1) is 6.92 Å². The fourth-order valence-corrected chi connectivity index (χ4v) is 4.09. The third kappa shape index (κ3) is 4.46. The van der Waals surface area contributed by atoms with E-state index in [9.17, 15) is 27.6 Å². The van der Waals surface area contributed by atoms with Crippen LogP contribution >= 0.6 is 11.6 Å². The van der Waals surface area contributed by atoms with Gasteiger partial charge < -0.3 is 10.6 Å². The molecule has 0 saturated carbocycles. The molecule has 1 atom stereocenters. The van der Waals surface area contributed by atoms with Gasteiger partial charge in [0.15, 0.2) is 5.54 Å². The number of amides is 4. The van der Waals surface area contributed by atoms with Crippen molar-refractivity contribution >= 4 is 29.4 Å². The summed E-state index contributed by atoms with van der Waals surface area (Å²) >= 11 is 6.09. The van der Waals surface area contributed by atoms with Crippen LogP contribution in [-0.2, 0) is 23.6 Å². The number of aromatic nitrogens is 2. The average Bonchev–Trinajstić information content (AvgIpc) is 3.29. The predicted molar refractivity (Wildman–Crippen MR) is 121 cm³/mol. The van der Waals surface area contributed by atoms with Crippen LogP contribution in [-0.4, -0.2) is 34.2 Å². The first-order valence-electron chi connectivity index (χ1n) is 10.3. The quantitative estimate of drug-likeness (QED) is 0.461. The van der Waals surface area contributed by atoms with Gasteiger partial charge in [-0.1, -0.05) is 23.7 Å². The molecule has 2 aromatic carbocycles. The van der Waals surface area contributed by atoms with Crippen molar-refractivity contribution in [3.8, 4) is 11.1 Å². The molecule has 3 N–H and O–H groups in total. The maximum absolute atomic E-state index is 13.2. The number of carbonyl (C=O) groups excluding carboxylic acids is 3. The van der Waals surface area contributed by atoms with E-state index in [2.05, 4.69) is 21.0 Å². The van der Waals surface area contributed by atoms with E-state index in [4.69, 9.17) is 11.6 Å². The molecule has 1 aromatic heterocycles. The average molecular weight is 506 g/mol. The second-order valence-corrected chi connectivity index (χ2v) is 8.46. The molecule has 1 fully saturated rings. The Balaban J connectivity index is 1.66. The van der Waals surface area contributed by atoms with Gasteiger partial charge in [-0.2, -0.15) is 18.3 Å². The molecule has 35 heavy (non-hydrogen) atoms. The lowest BCUT2D eigenvalue weighted by molar-refractivity contribution is -0.137. The van der Waals surface area contributed by atoms with E-state index in [0.717, 1.165) is 12.1 Å². The largest absolute Gasteiger partial charge is 0.416 e. The molecule has 0 unspecified atom stereocenters. The van der Waals surface area contributed by atoms with E-state index in [1.807, 2.05) is 0 Å². The zero-order valence-corrected chi connectivity index (χ0v) is 19.2. The van der Waals surface area contributed by atoms with Crippen LogP contribution in [0.1, 0.15) is 27.2 Å². The van der Waals surface area contributed by atoms with E-state index in [0.29, 0.717) is 22.4 Å². The Morgan fingerprint density at radius 1 is 1.17 bits per heavy atom. The second-order valence-electron chi connectivity index (χ2n) is 8.03. The Morgan fingerprint density at radius 3 is 2.40 bits per heavy atom. The monoisotopic (exact) mass is 505 g/mol. The van der Waals surface area contributed by atoms with Crippen LogP contribution in [0.5, 0.6) is 0 Å². The third-order valence-corrected chi connectivity index (χ3v) is 6.14. The van der Waals surface area contributed by atoms with Crippen molar-refractivity contribution in [3.63, 3.8) is 0 Å². The van der Waals surface area contributed by atoms with Crippen LogP contribution in [0.3, 0.4) is 0 Å². The lowest BCUT2D eigenvalue weighted by Gasteiger charge is -2.26. The van der Waals surface area contributed by atoms with Gasteiger partial charge in [-0.3, -0.25) is 19.6 Å². The lowest BCUT2D eigenvalue weighted by atomic mass is 9.90. The van der Waals surface area contributed by atoms with E-state index >= 15 is 0 Å². The number of nitrogens with one attached hydrogen (secondary N) is 3. The number of hydrogen-bond donors (Lipinski definition) is 3. The van der Waals surface area contributed by atoms with Crippen LogP contribution in [0.4, 0.5) is 18.0 Å². The van der Waals surface area contributed by atoms with E-state index in [-0.39, 0.29) is 17.1 Å². The summed E-state index contributed by atoms with van der Waals surface area (Å²) in [7, 11) is 1.67. The first kappa shape index (κ1) is 24.3. The highest BCUT2D eigenvalue weighted by Crippen LogP contribution is 2.33. The lowest BCUT2D eigenvalue weighted by Crippen LogP contribution is -2.52. The summed E-state index contributed by atoms with van der Waals surface area (Å²) in [5.74, 6) is -1.27.